The van der Waals surface area contributed by atoms with Gasteiger partial charge in [-0.05, 0) is 74.2 Å². The molecule has 1 aliphatic rings. The number of para-hydroxylation sites is 1. The number of aromatic amines is 1. The normalized spacial score (nSPS) is 15.2. The Morgan fingerprint density at radius 3 is 1.84 bits per heavy atom. The van der Waals surface area contributed by atoms with Crippen LogP contribution in [-0.4, -0.2) is 109 Å². The zero-order valence-electron chi connectivity index (χ0n) is 40.3. The average molecular weight is 962 g/mol. The van der Waals surface area contributed by atoms with Gasteiger partial charge in [0, 0.05) is 50.0 Å². The second kappa shape index (κ2) is 28.4. The second-order valence-electron chi connectivity index (χ2n) is 18.1. The number of H-pyrrole nitrogens is 1. The van der Waals surface area contributed by atoms with Gasteiger partial charge in [0.1, 0.15) is 30.5 Å². The molecule has 6 amide bonds. The van der Waals surface area contributed by atoms with Gasteiger partial charge in [-0.3, -0.25) is 33.8 Å². The van der Waals surface area contributed by atoms with Crippen LogP contribution in [-0.2, 0) is 52.8 Å². The van der Waals surface area contributed by atoms with Crippen molar-refractivity contribution < 1.29 is 33.6 Å². The fourth-order valence-corrected chi connectivity index (χ4v) is 8.93. The highest BCUT2D eigenvalue weighted by atomic mass is 16.2. The van der Waals surface area contributed by atoms with E-state index in [1.165, 1.54) is 13.3 Å². The number of amides is 6. The Bertz CT molecular complexity index is 2350. The summed E-state index contributed by atoms with van der Waals surface area (Å²) in [7, 11) is 1.74. The number of fused-ring (bicyclic) bond motifs is 1. The Balaban J connectivity index is 1.31. The summed E-state index contributed by atoms with van der Waals surface area (Å²) < 4.78 is 0. The minimum absolute atomic E-state index is 0.0273. The molecule has 1 fully saturated rings. The van der Waals surface area contributed by atoms with Crippen LogP contribution >= 0.6 is 0 Å². The largest absolute Gasteiger partial charge is 0.370 e. The van der Waals surface area contributed by atoms with Crippen LogP contribution in [0.25, 0.3) is 10.9 Å². The summed E-state index contributed by atoms with van der Waals surface area (Å²) in [6, 6.07) is 20.2. The second-order valence-corrected chi connectivity index (χ2v) is 18.1. The number of carbonyl (C=O) groups excluding carboxylic acids is 7. The molecular weight excluding hydrogens is 891 g/mol. The standard InChI is InChI=1S/C52H71N11O7/c1-34(65)59-45(30-37-20-10-5-11-21-37)50(69)62-43(48(67)60-39(33-64)28-35-16-6-3-7-17-35)25-14-26-56-47(66)42(24-15-27-57-52(53)54)61-51(70)46(31-38-32-58-41-23-13-12-22-40(38)41)63-49(68)44(55-2)29-36-18-8-4-9-19-36/h3,5-7,10-13,16-17,20-23,32-33,36,39,42-46,55,58H,4,8-9,14-15,18-19,24-31H2,1-2H3,(H,56,66)(H,59,65)(H,60,67)(H,61,70)(H,62,69)(H,63,68)(H4,53,54,57)/t39?,42?,43-,44+,45-,46?/m0/s1. The van der Waals surface area contributed by atoms with E-state index in [0.717, 1.165) is 53.3 Å². The first kappa shape index (κ1) is 53.9. The van der Waals surface area contributed by atoms with Crippen LogP contribution in [0.3, 0.4) is 0 Å². The third kappa shape index (κ3) is 17.8. The quantitative estimate of drug-likeness (QED) is 0.0172. The van der Waals surface area contributed by atoms with E-state index in [-0.39, 0.29) is 63.5 Å². The van der Waals surface area contributed by atoms with Crippen molar-refractivity contribution in [1.82, 2.24) is 42.2 Å². The highest BCUT2D eigenvalue weighted by Gasteiger charge is 2.32. The number of carbonyl (C=O) groups is 7. The van der Waals surface area contributed by atoms with Gasteiger partial charge in [-0.25, -0.2) is 0 Å². The fourth-order valence-electron chi connectivity index (χ4n) is 8.93. The molecule has 0 saturated heterocycles. The lowest BCUT2D eigenvalue weighted by Crippen LogP contribution is -2.57. The number of hydrogen-bond donors (Lipinski definition) is 10. The van der Waals surface area contributed by atoms with E-state index in [0.29, 0.717) is 25.0 Å². The number of likely N-dealkylation sites (N-methyl/N-ethyl adjacent to an activating group) is 1. The van der Waals surface area contributed by atoms with Crippen molar-refractivity contribution in [3.8, 4) is 0 Å². The maximum absolute atomic E-state index is 14.4. The summed E-state index contributed by atoms with van der Waals surface area (Å²) in [5.74, 6) is -2.79. The Kier molecular flexibility index (Phi) is 21.9. The average Bonchev–Trinajstić information content (AvgIpc) is 3.77. The summed E-state index contributed by atoms with van der Waals surface area (Å²) in [5.41, 5.74) is 14.4. The smallest absolute Gasteiger partial charge is 0.243 e. The van der Waals surface area contributed by atoms with Gasteiger partial charge in [0.25, 0.3) is 0 Å². The molecule has 1 aliphatic carbocycles. The molecule has 1 heterocycles. The maximum Gasteiger partial charge on any atom is 0.243 e. The first-order chi connectivity index (χ1) is 33.8. The first-order valence-electron chi connectivity index (χ1n) is 24.4. The predicted molar refractivity (Wildman–Crippen MR) is 270 cm³/mol. The molecule has 0 bridgehead atoms. The summed E-state index contributed by atoms with van der Waals surface area (Å²) in [5, 5.41) is 21.0. The number of hydrogen-bond acceptors (Lipinski definition) is 9. The van der Waals surface area contributed by atoms with Gasteiger partial charge in [-0.1, -0.05) is 111 Å². The van der Waals surface area contributed by atoms with E-state index in [2.05, 4.69) is 47.2 Å². The van der Waals surface area contributed by atoms with E-state index < -0.39 is 65.8 Å². The summed E-state index contributed by atoms with van der Waals surface area (Å²) in [6.45, 7) is 1.51. The summed E-state index contributed by atoms with van der Waals surface area (Å²) in [4.78, 5) is 102. The van der Waals surface area contributed by atoms with Crippen molar-refractivity contribution in [2.24, 2.45) is 22.4 Å². The molecule has 5 rings (SSSR count). The van der Waals surface area contributed by atoms with Gasteiger partial charge in [-0.15, -0.1) is 0 Å². The van der Waals surface area contributed by atoms with E-state index in [4.69, 9.17) is 11.5 Å². The lowest BCUT2D eigenvalue weighted by molar-refractivity contribution is -0.133. The Hall–Kier alpha value is -7.08. The van der Waals surface area contributed by atoms with Gasteiger partial charge in [0.2, 0.25) is 35.4 Å². The van der Waals surface area contributed by atoms with Gasteiger partial charge < -0.3 is 58.5 Å². The lowest BCUT2D eigenvalue weighted by Gasteiger charge is -2.28. The summed E-state index contributed by atoms with van der Waals surface area (Å²) in [6.07, 6.45) is 9.81. The number of aliphatic imine (C=N–C) groups is 1. The zero-order chi connectivity index (χ0) is 50.3. The van der Waals surface area contributed by atoms with Crippen molar-refractivity contribution in [3.63, 3.8) is 0 Å². The van der Waals surface area contributed by atoms with Crippen LogP contribution in [0.1, 0.15) is 87.8 Å². The van der Waals surface area contributed by atoms with Crippen molar-refractivity contribution in [3.05, 3.63) is 108 Å². The lowest BCUT2D eigenvalue weighted by atomic mass is 9.84. The van der Waals surface area contributed by atoms with E-state index in [1.807, 2.05) is 91.1 Å². The topological polar surface area (TPSA) is 284 Å². The van der Waals surface area contributed by atoms with Crippen LogP contribution in [0.2, 0.25) is 0 Å². The molecule has 3 aromatic carbocycles. The summed E-state index contributed by atoms with van der Waals surface area (Å²) >= 11 is 0. The van der Waals surface area contributed by atoms with Gasteiger partial charge in [-0.2, -0.15) is 0 Å². The van der Waals surface area contributed by atoms with Crippen LogP contribution in [0.5, 0.6) is 0 Å². The van der Waals surface area contributed by atoms with E-state index >= 15 is 0 Å². The third-order valence-electron chi connectivity index (χ3n) is 12.6. The van der Waals surface area contributed by atoms with Crippen LogP contribution in [0.15, 0.2) is 96.1 Å². The van der Waals surface area contributed by atoms with Crippen LogP contribution in [0, 0.1) is 5.92 Å². The molecule has 4 aromatic rings. The van der Waals surface area contributed by atoms with Gasteiger partial charge in [0.05, 0.1) is 12.1 Å². The predicted octanol–water partition coefficient (Wildman–Crippen LogP) is 2.35. The van der Waals surface area contributed by atoms with Gasteiger partial charge in [0.15, 0.2) is 5.96 Å². The highest BCUT2D eigenvalue weighted by Crippen LogP contribution is 2.27. The first-order valence-corrected chi connectivity index (χ1v) is 24.4. The van der Waals surface area contributed by atoms with E-state index in [9.17, 15) is 33.6 Å². The Morgan fingerprint density at radius 1 is 0.657 bits per heavy atom. The molecule has 12 N–H and O–H groups in total. The van der Waals surface area contributed by atoms with Crippen molar-refractivity contribution >= 4 is 58.6 Å². The molecule has 70 heavy (non-hydrogen) atoms. The molecule has 6 atom stereocenters. The monoisotopic (exact) mass is 962 g/mol. The number of aldehydes is 1. The number of guanidine groups is 1. The van der Waals surface area contributed by atoms with Crippen LogP contribution in [0.4, 0.5) is 0 Å². The van der Waals surface area contributed by atoms with Crippen LogP contribution < -0.4 is 48.7 Å². The SMILES string of the molecule is CN[C@H](CC1CCCCC1)C(=O)NC(Cc1c[nH]c2ccccc12)C(=O)NC(CCCN=C(N)N)C(=O)NCCC[C@H](NC(=O)[C@H](Cc1ccccc1)NC(C)=O)C(=O)NC(C=O)Cc1ccccc1. The Labute approximate surface area is 410 Å². The van der Waals surface area contributed by atoms with Gasteiger partial charge >= 0.3 is 0 Å². The molecule has 1 aromatic heterocycles. The molecule has 18 heteroatoms. The number of aromatic nitrogens is 1. The number of nitrogens with one attached hydrogen (secondary N) is 8. The molecule has 0 spiro atoms. The minimum atomic E-state index is -1.17. The molecule has 18 nitrogen and oxygen atoms in total. The zero-order valence-corrected chi connectivity index (χ0v) is 40.3. The van der Waals surface area contributed by atoms with Crippen molar-refractivity contribution in [2.75, 3.05) is 20.1 Å². The highest BCUT2D eigenvalue weighted by molar-refractivity contribution is 5.95. The molecule has 0 aliphatic heterocycles. The fraction of sp³-hybridized carbons (Fsp3) is 0.462. The molecule has 376 valence electrons. The number of nitrogens with zero attached hydrogens (tertiary/aromatic N) is 1. The van der Waals surface area contributed by atoms with Crippen molar-refractivity contribution in [2.45, 2.75) is 127 Å². The number of rotatable bonds is 28. The van der Waals surface area contributed by atoms with E-state index in [1.54, 1.807) is 7.05 Å². The molecule has 0 radical (unpaired) electrons. The third-order valence-corrected chi connectivity index (χ3v) is 12.6. The maximum atomic E-state index is 14.4. The number of nitrogens with two attached hydrogens (primary N) is 2. The molecule has 1 saturated carbocycles. The molecule has 3 unspecified atom stereocenters. The number of benzene rings is 3. The van der Waals surface area contributed by atoms with Crippen molar-refractivity contribution in [1.29, 1.82) is 0 Å². The Morgan fingerprint density at radius 2 is 1.21 bits per heavy atom. The minimum Gasteiger partial charge on any atom is -0.370 e. The molecular formula is C52H71N11O7.